The maximum atomic E-state index is 12.7. The Bertz CT molecular complexity index is 721. The SMILES string of the molecule is CCc1cc([C@@H]2CCCN2C(=O)Nc2cc(OC)cc(OC)c2)on1. The van der Waals surface area contributed by atoms with Gasteiger partial charge in [-0.25, -0.2) is 4.79 Å². The molecule has 1 aliphatic rings. The Balaban J connectivity index is 1.76. The standard InChI is InChI=1S/C18H23N3O4/c1-4-12-10-17(25-20-12)16-6-5-7-21(16)18(22)19-13-8-14(23-2)11-15(9-13)24-3/h8-11,16H,4-7H2,1-3H3,(H,19,22)/t16-/m0/s1. The van der Waals surface area contributed by atoms with Gasteiger partial charge in [0.2, 0.25) is 0 Å². The van der Waals surface area contributed by atoms with Crippen molar-refractivity contribution in [1.29, 1.82) is 0 Å². The van der Waals surface area contributed by atoms with E-state index in [1.54, 1.807) is 37.3 Å². The van der Waals surface area contributed by atoms with Crippen LogP contribution in [0.2, 0.25) is 0 Å². The second-order valence-corrected chi connectivity index (χ2v) is 5.96. The van der Waals surface area contributed by atoms with Crippen LogP contribution < -0.4 is 14.8 Å². The van der Waals surface area contributed by atoms with Crippen molar-refractivity contribution >= 4 is 11.7 Å². The van der Waals surface area contributed by atoms with Crippen LogP contribution in [0.15, 0.2) is 28.8 Å². The molecule has 0 spiro atoms. The molecule has 7 nitrogen and oxygen atoms in total. The molecule has 1 fully saturated rings. The molecule has 1 saturated heterocycles. The summed E-state index contributed by atoms with van der Waals surface area (Å²) >= 11 is 0. The van der Waals surface area contributed by atoms with Gasteiger partial charge in [-0.15, -0.1) is 0 Å². The lowest BCUT2D eigenvalue weighted by Crippen LogP contribution is -2.34. The van der Waals surface area contributed by atoms with Gasteiger partial charge in [0.1, 0.15) is 11.5 Å². The van der Waals surface area contributed by atoms with E-state index in [9.17, 15) is 4.79 Å². The number of aryl methyl sites for hydroxylation is 1. The summed E-state index contributed by atoms with van der Waals surface area (Å²) in [4.78, 5) is 14.5. The molecule has 134 valence electrons. The minimum absolute atomic E-state index is 0.0831. The summed E-state index contributed by atoms with van der Waals surface area (Å²) in [5.74, 6) is 1.98. The summed E-state index contributed by atoms with van der Waals surface area (Å²) in [6.07, 6.45) is 2.61. The lowest BCUT2D eigenvalue weighted by molar-refractivity contribution is 0.195. The molecule has 0 saturated carbocycles. The van der Waals surface area contributed by atoms with Gasteiger partial charge in [-0.05, 0) is 19.3 Å². The number of carbonyl (C=O) groups is 1. The second kappa shape index (κ2) is 7.46. The summed E-state index contributed by atoms with van der Waals surface area (Å²) in [5, 5.41) is 6.95. The Morgan fingerprint density at radius 3 is 2.60 bits per heavy atom. The highest BCUT2D eigenvalue weighted by Gasteiger charge is 2.33. The van der Waals surface area contributed by atoms with Crippen molar-refractivity contribution in [2.24, 2.45) is 0 Å². The number of anilines is 1. The third-order valence-corrected chi connectivity index (χ3v) is 4.38. The van der Waals surface area contributed by atoms with Crippen LogP contribution in [-0.4, -0.2) is 36.9 Å². The normalized spacial score (nSPS) is 16.8. The zero-order valence-corrected chi connectivity index (χ0v) is 14.7. The summed E-state index contributed by atoms with van der Waals surface area (Å²) in [6, 6.07) is 6.96. The van der Waals surface area contributed by atoms with Crippen LogP contribution in [0.4, 0.5) is 10.5 Å². The molecular formula is C18H23N3O4. The van der Waals surface area contributed by atoms with Crippen molar-refractivity contribution in [3.05, 3.63) is 35.7 Å². The van der Waals surface area contributed by atoms with Gasteiger partial charge in [0.15, 0.2) is 5.76 Å². The van der Waals surface area contributed by atoms with Crippen LogP contribution in [-0.2, 0) is 6.42 Å². The number of urea groups is 1. The van der Waals surface area contributed by atoms with Crippen LogP contribution in [0.1, 0.15) is 37.3 Å². The molecule has 7 heteroatoms. The highest BCUT2D eigenvalue weighted by Crippen LogP contribution is 2.33. The van der Waals surface area contributed by atoms with Crippen LogP contribution in [0.25, 0.3) is 0 Å². The summed E-state index contributed by atoms with van der Waals surface area (Å²) in [5.41, 5.74) is 1.53. The van der Waals surface area contributed by atoms with E-state index in [1.165, 1.54) is 0 Å². The second-order valence-electron chi connectivity index (χ2n) is 5.96. The Morgan fingerprint density at radius 1 is 1.28 bits per heavy atom. The molecular weight excluding hydrogens is 322 g/mol. The third kappa shape index (κ3) is 3.70. The lowest BCUT2D eigenvalue weighted by Gasteiger charge is -2.23. The number of aromatic nitrogens is 1. The third-order valence-electron chi connectivity index (χ3n) is 4.38. The maximum absolute atomic E-state index is 12.7. The first-order valence-electron chi connectivity index (χ1n) is 8.40. The van der Waals surface area contributed by atoms with E-state index in [4.69, 9.17) is 14.0 Å². The number of amides is 2. The first-order valence-corrected chi connectivity index (χ1v) is 8.40. The molecule has 1 aromatic heterocycles. The lowest BCUT2D eigenvalue weighted by atomic mass is 10.1. The minimum atomic E-state index is -0.174. The molecule has 25 heavy (non-hydrogen) atoms. The van der Waals surface area contributed by atoms with E-state index >= 15 is 0 Å². The predicted molar refractivity (Wildman–Crippen MR) is 93.1 cm³/mol. The van der Waals surface area contributed by atoms with Gasteiger partial charge in [0.05, 0.1) is 26.0 Å². The van der Waals surface area contributed by atoms with Gasteiger partial charge >= 0.3 is 6.03 Å². The highest BCUT2D eigenvalue weighted by molar-refractivity contribution is 5.90. The molecule has 2 heterocycles. The molecule has 0 aliphatic carbocycles. The number of ether oxygens (including phenoxy) is 2. The molecule has 0 unspecified atom stereocenters. The molecule has 1 atom stereocenters. The summed E-state index contributed by atoms with van der Waals surface area (Å²) in [7, 11) is 3.15. The molecule has 1 aliphatic heterocycles. The summed E-state index contributed by atoms with van der Waals surface area (Å²) < 4.78 is 15.9. The van der Waals surface area contributed by atoms with E-state index < -0.39 is 0 Å². The van der Waals surface area contributed by atoms with E-state index in [0.29, 0.717) is 23.7 Å². The van der Waals surface area contributed by atoms with Gasteiger partial charge in [-0.2, -0.15) is 0 Å². The van der Waals surface area contributed by atoms with Crippen LogP contribution in [0.5, 0.6) is 11.5 Å². The predicted octanol–water partition coefficient (Wildman–Crippen LogP) is 3.62. The largest absolute Gasteiger partial charge is 0.497 e. The molecule has 0 radical (unpaired) electrons. The minimum Gasteiger partial charge on any atom is -0.497 e. The Morgan fingerprint density at radius 2 is 2.00 bits per heavy atom. The number of likely N-dealkylation sites (tertiary alicyclic amines) is 1. The number of hydrogen-bond donors (Lipinski definition) is 1. The van der Waals surface area contributed by atoms with E-state index in [-0.39, 0.29) is 12.1 Å². The number of benzene rings is 1. The van der Waals surface area contributed by atoms with Gasteiger partial charge < -0.3 is 24.2 Å². The Hall–Kier alpha value is -2.70. The summed E-state index contributed by atoms with van der Waals surface area (Å²) in [6.45, 7) is 2.71. The molecule has 3 rings (SSSR count). The first kappa shape index (κ1) is 17.1. The molecule has 1 aromatic carbocycles. The van der Waals surface area contributed by atoms with Crippen LogP contribution in [0.3, 0.4) is 0 Å². The van der Waals surface area contributed by atoms with Crippen molar-refractivity contribution < 1.29 is 18.8 Å². The number of methoxy groups -OCH3 is 2. The quantitative estimate of drug-likeness (QED) is 0.895. The number of nitrogens with one attached hydrogen (secondary N) is 1. The van der Waals surface area contributed by atoms with E-state index in [2.05, 4.69) is 10.5 Å². The highest BCUT2D eigenvalue weighted by atomic mass is 16.5. The first-order chi connectivity index (χ1) is 12.1. The van der Waals surface area contributed by atoms with Crippen LogP contribution >= 0.6 is 0 Å². The maximum Gasteiger partial charge on any atom is 0.322 e. The molecule has 1 N–H and O–H groups in total. The van der Waals surface area contributed by atoms with E-state index in [1.807, 2.05) is 13.0 Å². The fourth-order valence-corrected chi connectivity index (χ4v) is 3.03. The zero-order chi connectivity index (χ0) is 17.8. The number of hydrogen-bond acceptors (Lipinski definition) is 5. The number of rotatable bonds is 5. The molecule has 2 amide bonds. The fourth-order valence-electron chi connectivity index (χ4n) is 3.03. The van der Waals surface area contributed by atoms with Gasteiger partial charge in [0, 0.05) is 36.5 Å². The smallest absolute Gasteiger partial charge is 0.322 e. The van der Waals surface area contributed by atoms with Gasteiger partial charge in [-0.3, -0.25) is 0 Å². The Kier molecular flexibility index (Phi) is 5.11. The Labute approximate surface area is 146 Å². The van der Waals surface area contributed by atoms with Crippen molar-refractivity contribution in [3.63, 3.8) is 0 Å². The molecule has 2 aromatic rings. The number of carbonyl (C=O) groups excluding carboxylic acids is 1. The molecule has 0 bridgehead atoms. The van der Waals surface area contributed by atoms with Crippen LogP contribution in [0, 0.1) is 0 Å². The van der Waals surface area contributed by atoms with Gasteiger partial charge in [-0.1, -0.05) is 12.1 Å². The topological polar surface area (TPSA) is 76.8 Å². The average Bonchev–Trinajstić information content (AvgIpc) is 3.29. The van der Waals surface area contributed by atoms with Crippen molar-refractivity contribution in [3.8, 4) is 11.5 Å². The van der Waals surface area contributed by atoms with Crippen molar-refractivity contribution in [2.45, 2.75) is 32.2 Å². The monoisotopic (exact) mass is 345 g/mol. The van der Waals surface area contributed by atoms with Crippen molar-refractivity contribution in [2.75, 3.05) is 26.1 Å². The van der Waals surface area contributed by atoms with Gasteiger partial charge in [0.25, 0.3) is 0 Å². The average molecular weight is 345 g/mol. The zero-order valence-electron chi connectivity index (χ0n) is 14.7. The van der Waals surface area contributed by atoms with E-state index in [0.717, 1.165) is 30.7 Å². The van der Waals surface area contributed by atoms with Crippen molar-refractivity contribution in [1.82, 2.24) is 10.1 Å². The fraction of sp³-hybridized carbons (Fsp3) is 0.444. The number of nitrogens with zero attached hydrogens (tertiary/aromatic N) is 2.